The molecular formula is C42H52ClF2N8O11P. The number of rotatable bonds is 18. The summed E-state index contributed by atoms with van der Waals surface area (Å²) < 4.78 is 72.8. The van der Waals surface area contributed by atoms with E-state index in [4.69, 9.17) is 28.7 Å². The van der Waals surface area contributed by atoms with Crippen molar-refractivity contribution in [1.29, 1.82) is 0 Å². The number of hydrogen-bond acceptors (Lipinski definition) is 13. The standard InChI is InChI=1S/C42H51F2N8O11P.ClH/c1-4-39(29(2)53)52-40(54)51(27-46-52)35-8-6-33(7-9-35)47-15-17-48(18-16-47)34-10-12-36(13-11-34)60-23-31-22-42(61-24-31,37-14-5-32(43)21-38(37)44)25-50-28-49(26-45-50)30(3)63-41(55)59-19-20-62-64(56,57)58;/h5-14,21,26-31,39,53H,4,15-20,22-25H2,1-3H3,(H-,56,57,58);1H/t29-,30?,31+,39-,42-;/m0./s1. The first-order valence-electron chi connectivity index (χ1n) is 20.8. The minimum absolute atomic E-state index is 0. The number of halogens is 3. The molecule has 0 bridgehead atoms. The van der Waals surface area contributed by atoms with Crippen LogP contribution in [0, 0.1) is 17.6 Å². The van der Waals surface area contributed by atoms with E-state index in [2.05, 4.69) is 24.5 Å². The van der Waals surface area contributed by atoms with Gasteiger partial charge in [0, 0.05) is 67.1 Å². The smallest absolute Gasteiger partial charge is 0.511 e. The van der Waals surface area contributed by atoms with Crippen LogP contribution in [-0.4, -0.2) is 104 Å². The second kappa shape index (κ2) is 21.3. The first-order valence-corrected chi connectivity index (χ1v) is 22.4. The number of piperazine rings is 1. The molecule has 23 heteroatoms. The lowest BCUT2D eigenvalue weighted by molar-refractivity contribution is -0.754. The topological polar surface area (TPSA) is 209 Å². The molecule has 5 atom stereocenters. The van der Waals surface area contributed by atoms with Gasteiger partial charge in [-0.25, -0.2) is 32.2 Å². The van der Waals surface area contributed by atoms with Gasteiger partial charge in [-0.2, -0.15) is 9.67 Å². The fraction of sp³-hybridized carbons (Fsp3) is 0.452. The maximum atomic E-state index is 15.4. The van der Waals surface area contributed by atoms with E-state index in [1.54, 1.807) is 6.92 Å². The predicted molar refractivity (Wildman–Crippen MR) is 225 cm³/mol. The van der Waals surface area contributed by atoms with Gasteiger partial charge in [0.15, 0.2) is 0 Å². The highest BCUT2D eigenvalue weighted by atomic mass is 35.5. The summed E-state index contributed by atoms with van der Waals surface area (Å²) in [5, 5.41) is 18.7. The molecule has 2 aromatic heterocycles. The van der Waals surface area contributed by atoms with Gasteiger partial charge in [-0.3, -0.25) is 4.52 Å². The van der Waals surface area contributed by atoms with Gasteiger partial charge < -0.3 is 56.0 Å². The number of aromatic nitrogens is 6. The second-order valence-electron chi connectivity index (χ2n) is 15.8. The zero-order valence-electron chi connectivity index (χ0n) is 35.9. The van der Waals surface area contributed by atoms with Gasteiger partial charge in [0.05, 0.1) is 37.7 Å². The SMILES string of the molecule is CC[C@@H]([C@H](C)O)n1ncn(-c2ccc(N3CCN(c4ccc(OC[C@@H]5CO[C@@](Cn6c[n+](C(C)OC(=O)OCCOP(=O)(O)O)cn6)(c6ccc(F)cc6F)C5)cc4)CC3)cc2)c1=O.[Cl-]. The zero-order valence-corrected chi connectivity index (χ0v) is 37.6. The molecule has 3 N–H and O–H groups in total. The van der Waals surface area contributed by atoms with E-state index < -0.39 is 62.8 Å². The number of phosphoric ester groups is 1. The molecule has 352 valence electrons. The number of ether oxygens (including phenoxy) is 4. The summed E-state index contributed by atoms with van der Waals surface area (Å²) in [4.78, 5) is 47.3. The lowest BCUT2D eigenvalue weighted by Gasteiger charge is -2.37. The highest BCUT2D eigenvalue weighted by Gasteiger charge is 2.46. The van der Waals surface area contributed by atoms with Crippen molar-refractivity contribution in [3.05, 3.63) is 113 Å². The van der Waals surface area contributed by atoms with Gasteiger partial charge >= 0.3 is 19.7 Å². The third-order valence-electron chi connectivity index (χ3n) is 11.3. The maximum absolute atomic E-state index is 15.4. The van der Waals surface area contributed by atoms with Gasteiger partial charge in [0.25, 0.3) is 6.33 Å². The highest BCUT2D eigenvalue weighted by Crippen LogP contribution is 2.42. The quantitative estimate of drug-likeness (QED) is 0.0489. The number of carbonyl (C=O) groups is 1. The molecule has 5 aromatic rings. The second-order valence-corrected chi connectivity index (χ2v) is 17.0. The molecule has 7 rings (SSSR count). The third kappa shape index (κ3) is 12.1. The summed E-state index contributed by atoms with van der Waals surface area (Å²) in [6.45, 7) is 7.82. The van der Waals surface area contributed by atoms with Crippen LogP contribution < -0.4 is 37.2 Å². The van der Waals surface area contributed by atoms with Crippen molar-refractivity contribution in [1.82, 2.24) is 24.1 Å². The molecule has 0 radical (unpaired) electrons. The predicted octanol–water partition coefficient (Wildman–Crippen LogP) is 1.25. The van der Waals surface area contributed by atoms with Crippen LogP contribution in [0.3, 0.4) is 0 Å². The van der Waals surface area contributed by atoms with E-state index in [0.29, 0.717) is 24.3 Å². The zero-order chi connectivity index (χ0) is 45.6. The minimum Gasteiger partial charge on any atom is -1.00 e. The van der Waals surface area contributed by atoms with Crippen molar-refractivity contribution in [2.24, 2.45) is 5.92 Å². The number of aliphatic hydroxyl groups excluding tert-OH is 1. The van der Waals surface area contributed by atoms with Crippen LogP contribution in [0.15, 0.2) is 90.5 Å². The first-order chi connectivity index (χ1) is 30.6. The summed E-state index contributed by atoms with van der Waals surface area (Å²) in [5.74, 6) is -1.00. The van der Waals surface area contributed by atoms with Crippen molar-refractivity contribution in [2.75, 3.05) is 62.4 Å². The average Bonchev–Trinajstić information content (AvgIpc) is 4.01. The molecule has 4 heterocycles. The Hall–Kier alpha value is -5.41. The van der Waals surface area contributed by atoms with Gasteiger partial charge in [0.1, 0.15) is 42.5 Å². The van der Waals surface area contributed by atoms with Gasteiger partial charge in [0.2, 0.25) is 12.6 Å². The number of carbonyl (C=O) groups excluding carboxylic acids is 1. The fourth-order valence-electron chi connectivity index (χ4n) is 8.05. The molecular weight excluding hydrogens is 897 g/mol. The van der Waals surface area contributed by atoms with Gasteiger partial charge in [-0.05, 0) is 74.4 Å². The first kappa shape index (κ1) is 49.0. The van der Waals surface area contributed by atoms with Crippen LogP contribution in [0.2, 0.25) is 0 Å². The molecule has 0 aliphatic carbocycles. The Morgan fingerprint density at radius 1 is 0.969 bits per heavy atom. The molecule has 65 heavy (non-hydrogen) atoms. The molecule has 1 unspecified atom stereocenters. The minimum atomic E-state index is -4.71. The maximum Gasteiger partial charge on any atom is 0.511 e. The number of aliphatic hydroxyl groups is 1. The van der Waals surface area contributed by atoms with E-state index in [0.717, 1.165) is 43.6 Å². The molecule has 2 aliphatic heterocycles. The Labute approximate surface area is 379 Å². The molecule has 2 saturated heterocycles. The molecule has 3 aromatic carbocycles. The van der Waals surface area contributed by atoms with E-state index in [9.17, 15) is 23.7 Å². The Bertz CT molecular complexity index is 2460. The number of nitrogens with zero attached hydrogens (tertiary/aromatic N) is 8. The van der Waals surface area contributed by atoms with Gasteiger partial charge in [-0.1, -0.05) is 13.0 Å². The lowest BCUT2D eigenvalue weighted by atomic mass is 9.87. The molecule has 19 nitrogen and oxygen atoms in total. The van der Waals surface area contributed by atoms with E-state index >= 15 is 4.39 Å². The number of hydrogen-bond donors (Lipinski definition) is 3. The van der Waals surface area contributed by atoms with Crippen LogP contribution in [0.5, 0.6) is 5.75 Å². The van der Waals surface area contributed by atoms with Crippen LogP contribution >= 0.6 is 7.82 Å². The summed E-state index contributed by atoms with van der Waals surface area (Å²) in [5.41, 5.74) is 1.42. The third-order valence-corrected chi connectivity index (χ3v) is 11.9. The monoisotopic (exact) mass is 948 g/mol. The Balaban J connectivity index is 0.00000700. The van der Waals surface area contributed by atoms with E-state index in [-0.39, 0.29) is 49.3 Å². The largest absolute Gasteiger partial charge is 1.00 e. The number of anilines is 2. The highest BCUT2D eigenvalue weighted by molar-refractivity contribution is 7.46. The van der Waals surface area contributed by atoms with Crippen molar-refractivity contribution < 1.29 is 73.5 Å². The Morgan fingerprint density at radius 2 is 1.62 bits per heavy atom. The summed E-state index contributed by atoms with van der Waals surface area (Å²) in [6.07, 6.45) is 2.57. The van der Waals surface area contributed by atoms with Crippen LogP contribution in [0.25, 0.3) is 5.69 Å². The van der Waals surface area contributed by atoms with Crippen LogP contribution in [0.1, 0.15) is 51.4 Å². The number of phosphoric acid groups is 1. The lowest BCUT2D eigenvalue weighted by Crippen LogP contribution is -3.00. The summed E-state index contributed by atoms with van der Waals surface area (Å²) in [6, 6.07) is 18.6. The summed E-state index contributed by atoms with van der Waals surface area (Å²) in [7, 11) is -4.71. The molecule has 0 spiro atoms. The summed E-state index contributed by atoms with van der Waals surface area (Å²) >= 11 is 0. The van der Waals surface area contributed by atoms with Crippen molar-refractivity contribution >= 4 is 25.4 Å². The number of benzene rings is 3. The molecule has 0 saturated carbocycles. The van der Waals surface area contributed by atoms with Gasteiger partial charge in [-0.15, -0.1) is 4.68 Å². The Kier molecular flexibility index (Phi) is 16.0. The van der Waals surface area contributed by atoms with E-state index in [1.807, 2.05) is 55.5 Å². The van der Waals surface area contributed by atoms with Crippen molar-refractivity contribution in [3.8, 4) is 11.4 Å². The van der Waals surface area contributed by atoms with Crippen LogP contribution in [0.4, 0.5) is 25.0 Å². The van der Waals surface area contributed by atoms with Crippen LogP contribution in [-0.2, 0) is 35.4 Å². The molecule has 2 fully saturated rings. The Morgan fingerprint density at radius 3 is 2.23 bits per heavy atom. The van der Waals surface area contributed by atoms with E-state index in [1.165, 1.54) is 56.5 Å². The molecule has 0 amide bonds. The molecule has 2 aliphatic rings. The average molecular weight is 949 g/mol. The van der Waals surface area contributed by atoms with Crippen molar-refractivity contribution in [3.63, 3.8) is 0 Å². The van der Waals surface area contributed by atoms with Crippen molar-refractivity contribution in [2.45, 2.75) is 64.1 Å². The normalized spacial score (nSPS) is 19.0. The fourth-order valence-corrected chi connectivity index (χ4v) is 8.36.